The lowest BCUT2D eigenvalue weighted by molar-refractivity contribution is -0.306. The first kappa shape index (κ1) is 12.9. The van der Waals surface area contributed by atoms with Gasteiger partial charge in [0.25, 0.3) is 0 Å². The highest BCUT2D eigenvalue weighted by molar-refractivity contribution is 5.66. The number of carboxylic acid groups (broad SMARTS) is 1. The van der Waals surface area contributed by atoms with Crippen molar-refractivity contribution in [2.45, 2.75) is 26.2 Å². The van der Waals surface area contributed by atoms with Gasteiger partial charge in [-0.1, -0.05) is 0 Å². The van der Waals surface area contributed by atoms with Gasteiger partial charge < -0.3 is 19.7 Å². The molecule has 0 aliphatic heterocycles. The van der Waals surface area contributed by atoms with Crippen molar-refractivity contribution < 1.29 is 24.5 Å². The van der Waals surface area contributed by atoms with Crippen molar-refractivity contribution in [3.8, 4) is 0 Å². The Morgan fingerprint density at radius 1 is 1.43 bits per heavy atom. The largest absolute Gasteiger partial charge is 0.550 e. The first-order chi connectivity index (χ1) is 6.56. The first-order valence-electron chi connectivity index (χ1n) is 4.50. The molecule has 0 aromatic heterocycles. The molecule has 0 radical (unpaired) electrons. The summed E-state index contributed by atoms with van der Waals surface area (Å²) in [5.74, 6) is -1.64. The van der Waals surface area contributed by atoms with Crippen molar-refractivity contribution in [2.24, 2.45) is 5.92 Å². The van der Waals surface area contributed by atoms with E-state index in [2.05, 4.69) is 0 Å². The number of carbonyl (C=O) groups is 2. The van der Waals surface area contributed by atoms with Crippen molar-refractivity contribution >= 4 is 11.9 Å². The number of esters is 1. The molecule has 82 valence electrons. The molecule has 0 aromatic carbocycles. The van der Waals surface area contributed by atoms with E-state index in [1.807, 2.05) is 0 Å². The molecule has 0 saturated heterocycles. The molecule has 1 atom stereocenters. The third-order valence-corrected chi connectivity index (χ3v) is 1.82. The highest BCUT2D eigenvalue weighted by Gasteiger charge is 2.09. The summed E-state index contributed by atoms with van der Waals surface area (Å²) in [5, 5.41) is 18.8. The van der Waals surface area contributed by atoms with E-state index in [-0.39, 0.29) is 25.6 Å². The number of rotatable bonds is 7. The predicted octanol–water partition coefficient (Wildman–Crippen LogP) is -0.922. The Morgan fingerprint density at radius 3 is 2.50 bits per heavy atom. The Hall–Kier alpha value is -1.10. The predicted molar refractivity (Wildman–Crippen MR) is 46.1 cm³/mol. The van der Waals surface area contributed by atoms with Gasteiger partial charge in [0.15, 0.2) is 0 Å². The molecule has 1 N–H and O–H groups in total. The molecule has 0 heterocycles. The van der Waals surface area contributed by atoms with Crippen molar-refractivity contribution in [1.29, 1.82) is 0 Å². The average molecular weight is 203 g/mol. The molecule has 1 unspecified atom stereocenters. The lowest BCUT2D eigenvalue weighted by Crippen LogP contribution is -2.24. The van der Waals surface area contributed by atoms with Crippen LogP contribution in [0.15, 0.2) is 0 Å². The topological polar surface area (TPSA) is 86.7 Å². The highest BCUT2D eigenvalue weighted by atomic mass is 16.5. The Kier molecular flexibility index (Phi) is 6.74. The van der Waals surface area contributed by atoms with Gasteiger partial charge in [0.1, 0.15) is 0 Å². The van der Waals surface area contributed by atoms with Crippen LogP contribution in [0.2, 0.25) is 0 Å². The fourth-order valence-electron chi connectivity index (χ4n) is 1.05. The lowest BCUT2D eigenvalue weighted by Gasteiger charge is -2.15. The minimum Gasteiger partial charge on any atom is -0.550 e. The number of carboxylic acids is 1. The molecule has 0 aromatic rings. The number of hydrogen-bond donors (Lipinski definition) is 1. The lowest BCUT2D eigenvalue weighted by atomic mass is 10.0. The molecule has 14 heavy (non-hydrogen) atoms. The van der Waals surface area contributed by atoms with E-state index in [0.29, 0.717) is 12.8 Å². The van der Waals surface area contributed by atoms with Gasteiger partial charge in [0.2, 0.25) is 0 Å². The van der Waals surface area contributed by atoms with Gasteiger partial charge in [0.05, 0.1) is 6.61 Å². The van der Waals surface area contributed by atoms with Crippen LogP contribution in [-0.2, 0) is 14.3 Å². The third-order valence-electron chi connectivity index (χ3n) is 1.82. The Morgan fingerprint density at radius 2 is 2.07 bits per heavy atom. The molecule has 0 saturated carbocycles. The van der Waals surface area contributed by atoms with Crippen molar-refractivity contribution in [3.05, 3.63) is 0 Å². The summed E-state index contributed by atoms with van der Waals surface area (Å²) in [6.45, 7) is 1.40. The monoisotopic (exact) mass is 203 g/mol. The molecule has 0 spiro atoms. The van der Waals surface area contributed by atoms with Gasteiger partial charge in [-0.2, -0.15) is 0 Å². The van der Waals surface area contributed by atoms with Crippen LogP contribution in [-0.4, -0.2) is 30.3 Å². The second kappa shape index (κ2) is 7.32. The van der Waals surface area contributed by atoms with E-state index in [0.717, 1.165) is 0 Å². The molecule has 0 fully saturated rings. The number of carbonyl (C=O) groups excluding carboxylic acids is 2. The summed E-state index contributed by atoms with van der Waals surface area (Å²) in [5.41, 5.74) is 0. The quantitative estimate of drug-likeness (QED) is 0.540. The molecule has 0 amide bonds. The summed E-state index contributed by atoms with van der Waals surface area (Å²) in [6, 6.07) is 0. The maximum atomic E-state index is 10.5. The first-order valence-corrected chi connectivity index (χ1v) is 4.50. The van der Waals surface area contributed by atoms with E-state index in [9.17, 15) is 14.7 Å². The smallest absolute Gasteiger partial charge is 0.302 e. The van der Waals surface area contributed by atoms with E-state index in [1.54, 1.807) is 0 Å². The van der Waals surface area contributed by atoms with Crippen LogP contribution in [0, 0.1) is 5.92 Å². The van der Waals surface area contributed by atoms with Crippen LogP contribution in [0.3, 0.4) is 0 Å². The summed E-state index contributed by atoms with van der Waals surface area (Å²) >= 11 is 0. The van der Waals surface area contributed by atoms with Crippen LogP contribution in [0.1, 0.15) is 26.2 Å². The molecular weight excluding hydrogens is 188 g/mol. The summed E-state index contributed by atoms with van der Waals surface area (Å²) in [6.07, 6.45) is 0.711. The Labute approximate surface area is 82.7 Å². The fraction of sp³-hybridized carbons (Fsp3) is 0.778. The molecule has 0 bridgehead atoms. The minimum atomic E-state index is -1.13. The van der Waals surface area contributed by atoms with Crippen molar-refractivity contribution in [3.63, 3.8) is 0 Å². The number of hydrogen-bond acceptors (Lipinski definition) is 5. The van der Waals surface area contributed by atoms with Crippen LogP contribution in [0.25, 0.3) is 0 Å². The van der Waals surface area contributed by atoms with E-state index in [1.165, 1.54) is 6.92 Å². The molecule has 0 rings (SSSR count). The van der Waals surface area contributed by atoms with Crippen molar-refractivity contribution in [2.75, 3.05) is 13.2 Å². The molecule has 5 nitrogen and oxygen atoms in total. The van der Waals surface area contributed by atoms with Gasteiger partial charge in [0, 0.05) is 19.5 Å². The normalized spacial score (nSPS) is 12.1. The Bertz CT molecular complexity index is 172. The summed E-state index contributed by atoms with van der Waals surface area (Å²) in [4.78, 5) is 20.6. The number of aliphatic hydroxyl groups is 1. The molecular formula is C9H15O5-. The zero-order valence-electron chi connectivity index (χ0n) is 8.19. The maximum Gasteiger partial charge on any atom is 0.302 e. The van der Waals surface area contributed by atoms with Gasteiger partial charge in [-0.15, -0.1) is 0 Å². The van der Waals surface area contributed by atoms with E-state index >= 15 is 0 Å². The average Bonchev–Trinajstić information content (AvgIpc) is 2.09. The molecule has 0 aliphatic rings. The maximum absolute atomic E-state index is 10.5. The van der Waals surface area contributed by atoms with Gasteiger partial charge >= 0.3 is 5.97 Å². The van der Waals surface area contributed by atoms with Gasteiger partial charge in [-0.25, -0.2) is 0 Å². The number of aliphatic hydroxyl groups excluding tert-OH is 1. The SMILES string of the molecule is CC(=O)OCC(CCO)CCC(=O)[O-]. The second-order valence-corrected chi connectivity index (χ2v) is 3.09. The minimum absolute atomic E-state index is 0.0427. The standard InChI is InChI=1S/C9H16O5/c1-7(11)14-6-8(4-5-10)2-3-9(12)13/h8,10H,2-6H2,1H3,(H,12,13)/p-1. The second-order valence-electron chi connectivity index (χ2n) is 3.09. The molecule has 0 aliphatic carbocycles. The van der Waals surface area contributed by atoms with Crippen LogP contribution >= 0.6 is 0 Å². The zero-order chi connectivity index (χ0) is 11.0. The number of aliphatic carboxylic acids is 1. The highest BCUT2D eigenvalue weighted by Crippen LogP contribution is 2.11. The van der Waals surface area contributed by atoms with Crippen LogP contribution in [0.5, 0.6) is 0 Å². The van der Waals surface area contributed by atoms with Crippen molar-refractivity contribution in [1.82, 2.24) is 0 Å². The van der Waals surface area contributed by atoms with Gasteiger partial charge in [-0.3, -0.25) is 4.79 Å². The van der Waals surface area contributed by atoms with E-state index in [4.69, 9.17) is 9.84 Å². The number of ether oxygens (including phenoxy) is 1. The zero-order valence-corrected chi connectivity index (χ0v) is 8.19. The fourth-order valence-corrected chi connectivity index (χ4v) is 1.05. The van der Waals surface area contributed by atoms with Crippen LogP contribution in [0.4, 0.5) is 0 Å². The summed E-state index contributed by atoms with van der Waals surface area (Å²) < 4.78 is 4.73. The third kappa shape index (κ3) is 7.54. The molecule has 5 heteroatoms. The summed E-state index contributed by atoms with van der Waals surface area (Å²) in [7, 11) is 0. The Balaban J connectivity index is 3.76. The van der Waals surface area contributed by atoms with Crippen LogP contribution < -0.4 is 5.11 Å². The van der Waals surface area contributed by atoms with Gasteiger partial charge in [-0.05, 0) is 25.2 Å². The van der Waals surface area contributed by atoms with E-state index < -0.39 is 11.9 Å².